The number of aromatic nitrogens is 2. The van der Waals surface area contributed by atoms with E-state index in [-0.39, 0.29) is 29.7 Å². The Morgan fingerprint density at radius 2 is 1.74 bits per heavy atom. The van der Waals surface area contributed by atoms with Crippen molar-refractivity contribution in [2.75, 3.05) is 26.2 Å². The number of amides is 1. The zero-order valence-corrected chi connectivity index (χ0v) is 19.7. The second-order valence-electron chi connectivity index (χ2n) is 8.10. The van der Waals surface area contributed by atoms with Crippen LogP contribution in [0.2, 0.25) is 0 Å². The number of carbonyl (C=O) groups is 2. The summed E-state index contributed by atoms with van der Waals surface area (Å²) in [5, 5.41) is 3.98. The lowest BCUT2D eigenvalue weighted by atomic mass is 10.2. The number of piperazine rings is 1. The van der Waals surface area contributed by atoms with Crippen LogP contribution in [0.5, 0.6) is 0 Å². The van der Waals surface area contributed by atoms with Crippen LogP contribution in [0.1, 0.15) is 36.0 Å². The van der Waals surface area contributed by atoms with Crippen molar-refractivity contribution in [2.24, 2.45) is 0 Å². The van der Waals surface area contributed by atoms with Crippen molar-refractivity contribution in [2.45, 2.75) is 31.1 Å². The molecule has 3 aromatic rings. The molecule has 9 nitrogen and oxygen atoms in total. The summed E-state index contributed by atoms with van der Waals surface area (Å²) in [5.41, 5.74) is 1.22. The van der Waals surface area contributed by atoms with Crippen LogP contribution in [-0.2, 0) is 21.2 Å². The first-order valence-corrected chi connectivity index (χ1v) is 12.6. The topological polar surface area (TPSA) is 114 Å². The third-order valence-electron chi connectivity index (χ3n) is 5.75. The molecule has 0 spiro atoms. The molecule has 1 saturated heterocycles. The molecule has 178 valence electrons. The first-order valence-electron chi connectivity index (χ1n) is 11.1. The predicted molar refractivity (Wildman–Crippen MR) is 124 cm³/mol. The number of ketones is 1. The van der Waals surface area contributed by atoms with E-state index >= 15 is 0 Å². The zero-order valence-electron chi connectivity index (χ0n) is 18.9. The fourth-order valence-electron chi connectivity index (χ4n) is 3.81. The van der Waals surface area contributed by atoms with Crippen LogP contribution in [0.4, 0.5) is 0 Å². The van der Waals surface area contributed by atoms with Gasteiger partial charge in [-0.2, -0.15) is 9.29 Å². The van der Waals surface area contributed by atoms with E-state index in [1.807, 2.05) is 30.3 Å². The third kappa shape index (κ3) is 5.40. The van der Waals surface area contributed by atoms with Crippen LogP contribution in [0, 0.1) is 0 Å². The average molecular weight is 483 g/mol. The molecule has 1 fully saturated rings. The molecule has 1 aromatic heterocycles. The Morgan fingerprint density at radius 3 is 2.44 bits per heavy atom. The molecule has 0 bridgehead atoms. The molecule has 1 amide bonds. The minimum absolute atomic E-state index is 0.0292. The Kier molecular flexibility index (Phi) is 7.18. The molecular formula is C24H26N4O5S. The van der Waals surface area contributed by atoms with E-state index in [1.54, 1.807) is 17.0 Å². The lowest BCUT2D eigenvalue weighted by molar-refractivity contribution is -0.132. The molecule has 34 heavy (non-hydrogen) atoms. The van der Waals surface area contributed by atoms with Gasteiger partial charge in [-0.05, 0) is 25.5 Å². The van der Waals surface area contributed by atoms with Gasteiger partial charge >= 0.3 is 0 Å². The summed E-state index contributed by atoms with van der Waals surface area (Å²) in [4.78, 5) is 30.4. The van der Waals surface area contributed by atoms with Crippen molar-refractivity contribution in [3.63, 3.8) is 0 Å². The van der Waals surface area contributed by atoms with Crippen LogP contribution in [0.15, 0.2) is 64.0 Å². The normalized spacial score (nSPS) is 14.8. The number of rotatable bonds is 8. The van der Waals surface area contributed by atoms with Gasteiger partial charge < -0.3 is 9.42 Å². The third-order valence-corrected chi connectivity index (χ3v) is 7.65. The molecule has 4 rings (SSSR count). The van der Waals surface area contributed by atoms with Gasteiger partial charge in [-0.15, -0.1) is 0 Å². The van der Waals surface area contributed by atoms with E-state index < -0.39 is 10.0 Å². The minimum Gasteiger partial charge on any atom is -0.340 e. The summed E-state index contributed by atoms with van der Waals surface area (Å²) in [7, 11) is -3.73. The van der Waals surface area contributed by atoms with Crippen LogP contribution in [0.3, 0.4) is 0 Å². The van der Waals surface area contributed by atoms with E-state index in [1.165, 1.54) is 23.4 Å². The summed E-state index contributed by atoms with van der Waals surface area (Å²) >= 11 is 0. The van der Waals surface area contributed by atoms with Gasteiger partial charge in [0.05, 0.1) is 4.90 Å². The highest BCUT2D eigenvalue weighted by Crippen LogP contribution is 2.20. The zero-order chi connectivity index (χ0) is 24.1. The molecule has 0 unspecified atom stereocenters. The molecule has 0 radical (unpaired) electrons. The maximum atomic E-state index is 13.0. The molecule has 1 aliphatic heterocycles. The number of carbonyl (C=O) groups excluding carboxylic acids is 2. The van der Waals surface area contributed by atoms with E-state index in [0.29, 0.717) is 49.6 Å². The van der Waals surface area contributed by atoms with E-state index in [0.717, 1.165) is 5.56 Å². The standard InChI is InChI=1S/C24H26N4O5S/c1-18(29)20-9-5-10-21(17-20)34(31,32)28-15-13-27(14-16-28)23(30)12-6-11-22-25-24(26-33-22)19-7-3-2-4-8-19/h2-5,7-10,17H,6,11-16H2,1H3. The quantitative estimate of drug-likeness (QED) is 0.454. The fraction of sp³-hybridized carbons (Fsp3) is 0.333. The number of nitrogens with zero attached hydrogens (tertiary/aromatic N) is 4. The Balaban J connectivity index is 1.26. The van der Waals surface area contributed by atoms with Crippen molar-refractivity contribution in [3.8, 4) is 11.4 Å². The number of aryl methyl sites for hydroxylation is 1. The Morgan fingerprint density at radius 1 is 1.00 bits per heavy atom. The second-order valence-corrected chi connectivity index (χ2v) is 10.0. The highest BCUT2D eigenvalue weighted by atomic mass is 32.2. The summed E-state index contributed by atoms with van der Waals surface area (Å²) in [5.74, 6) is 0.783. The van der Waals surface area contributed by atoms with E-state index in [2.05, 4.69) is 10.1 Å². The first kappa shape index (κ1) is 23.8. The van der Waals surface area contributed by atoms with Gasteiger partial charge in [0.25, 0.3) is 0 Å². The molecule has 1 aliphatic rings. The van der Waals surface area contributed by atoms with Crippen LogP contribution in [-0.4, -0.2) is 65.6 Å². The minimum atomic E-state index is -3.73. The van der Waals surface area contributed by atoms with Crippen LogP contribution in [0.25, 0.3) is 11.4 Å². The highest BCUT2D eigenvalue weighted by molar-refractivity contribution is 7.89. The number of hydrogen-bond donors (Lipinski definition) is 0. The first-order chi connectivity index (χ1) is 16.3. The summed E-state index contributed by atoms with van der Waals surface area (Å²) in [6, 6.07) is 15.6. The van der Waals surface area contributed by atoms with Crippen LogP contribution >= 0.6 is 0 Å². The average Bonchev–Trinajstić information content (AvgIpc) is 3.33. The van der Waals surface area contributed by atoms with Crippen molar-refractivity contribution in [1.82, 2.24) is 19.3 Å². The van der Waals surface area contributed by atoms with Crippen molar-refractivity contribution >= 4 is 21.7 Å². The van der Waals surface area contributed by atoms with E-state index in [9.17, 15) is 18.0 Å². The molecular weight excluding hydrogens is 456 g/mol. The van der Waals surface area contributed by atoms with Gasteiger partial charge in [0.1, 0.15) is 0 Å². The second kappa shape index (κ2) is 10.3. The Hall–Kier alpha value is -3.37. The Bertz CT molecular complexity index is 1270. The van der Waals surface area contributed by atoms with Gasteiger partial charge in [-0.25, -0.2) is 8.42 Å². The number of benzene rings is 2. The maximum absolute atomic E-state index is 13.0. The predicted octanol–water partition coefficient (Wildman–Crippen LogP) is 2.80. The Labute approximate surface area is 198 Å². The van der Waals surface area contributed by atoms with Crippen LogP contribution < -0.4 is 0 Å². The lowest BCUT2D eigenvalue weighted by Gasteiger charge is -2.34. The smallest absolute Gasteiger partial charge is 0.243 e. The molecule has 0 saturated carbocycles. The molecule has 2 aromatic carbocycles. The highest BCUT2D eigenvalue weighted by Gasteiger charge is 2.30. The summed E-state index contributed by atoms with van der Waals surface area (Å²) < 4.78 is 32.6. The molecule has 0 atom stereocenters. The molecule has 0 N–H and O–H groups in total. The van der Waals surface area contributed by atoms with Crippen molar-refractivity contribution in [1.29, 1.82) is 0 Å². The fourth-order valence-corrected chi connectivity index (χ4v) is 5.28. The number of Topliss-reactive ketones (excluding diaryl/α,β-unsaturated/α-hetero) is 1. The molecule has 0 aliphatic carbocycles. The van der Waals surface area contributed by atoms with Gasteiger partial charge in [0.2, 0.25) is 27.6 Å². The van der Waals surface area contributed by atoms with Gasteiger partial charge in [-0.1, -0.05) is 47.6 Å². The summed E-state index contributed by atoms with van der Waals surface area (Å²) in [6.07, 6.45) is 1.37. The van der Waals surface area contributed by atoms with E-state index in [4.69, 9.17) is 4.52 Å². The van der Waals surface area contributed by atoms with Gasteiger partial charge in [0.15, 0.2) is 5.78 Å². The van der Waals surface area contributed by atoms with Gasteiger partial charge in [-0.3, -0.25) is 9.59 Å². The molecule has 2 heterocycles. The SMILES string of the molecule is CC(=O)c1cccc(S(=O)(=O)N2CCN(C(=O)CCCc3nc(-c4ccccc4)no3)CC2)c1. The van der Waals surface area contributed by atoms with Crippen molar-refractivity contribution < 1.29 is 22.5 Å². The van der Waals surface area contributed by atoms with Crippen molar-refractivity contribution in [3.05, 3.63) is 66.1 Å². The monoisotopic (exact) mass is 482 g/mol. The lowest BCUT2D eigenvalue weighted by Crippen LogP contribution is -2.50. The molecule has 10 heteroatoms. The largest absolute Gasteiger partial charge is 0.340 e. The number of sulfonamides is 1. The number of hydrogen-bond acceptors (Lipinski definition) is 7. The summed E-state index contributed by atoms with van der Waals surface area (Å²) in [6.45, 7) is 2.47. The maximum Gasteiger partial charge on any atom is 0.243 e. The van der Waals surface area contributed by atoms with Gasteiger partial charge in [0, 0.05) is 50.1 Å².